The van der Waals surface area contributed by atoms with Gasteiger partial charge in [0.15, 0.2) is 0 Å². The Morgan fingerprint density at radius 3 is 2.80 bits per heavy atom. The number of nitro groups is 1. The van der Waals surface area contributed by atoms with E-state index in [2.05, 4.69) is 6.92 Å². The minimum absolute atomic E-state index is 0.0781. The van der Waals surface area contributed by atoms with E-state index in [1.807, 2.05) is 6.07 Å². The van der Waals surface area contributed by atoms with Gasteiger partial charge in [0.2, 0.25) is 0 Å². The fraction of sp³-hybridized carbons (Fsp3) is 0.600. The second-order valence-electron chi connectivity index (χ2n) is 5.69. The van der Waals surface area contributed by atoms with Gasteiger partial charge in [-0.2, -0.15) is 0 Å². The van der Waals surface area contributed by atoms with Crippen molar-refractivity contribution in [1.82, 2.24) is 0 Å². The average molecular weight is 298 g/mol. The topological polar surface area (TPSA) is 52.4 Å². The van der Waals surface area contributed by atoms with E-state index in [-0.39, 0.29) is 16.0 Å². The molecule has 0 aliphatic heterocycles. The summed E-state index contributed by atoms with van der Waals surface area (Å²) in [5, 5.41) is 11.1. The molecule has 0 heterocycles. The molecule has 2 rings (SSSR count). The summed E-state index contributed by atoms with van der Waals surface area (Å²) in [7, 11) is 1.52. The zero-order valence-electron chi connectivity index (χ0n) is 11.8. The summed E-state index contributed by atoms with van der Waals surface area (Å²) >= 11 is 6.41. The van der Waals surface area contributed by atoms with E-state index in [4.69, 9.17) is 16.3 Å². The van der Waals surface area contributed by atoms with Crippen molar-refractivity contribution in [1.29, 1.82) is 0 Å². The number of alkyl halides is 1. The van der Waals surface area contributed by atoms with Gasteiger partial charge in [-0.1, -0.05) is 6.92 Å². The van der Waals surface area contributed by atoms with Crippen molar-refractivity contribution >= 4 is 17.3 Å². The Morgan fingerprint density at radius 1 is 1.40 bits per heavy atom. The summed E-state index contributed by atoms with van der Waals surface area (Å²) in [6, 6.07) is 4.95. The summed E-state index contributed by atoms with van der Waals surface area (Å²) in [6.07, 6.45) is 4.05. The Hall–Kier alpha value is -1.29. The maximum atomic E-state index is 11.0. The van der Waals surface area contributed by atoms with Gasteiger partial charge in [0, 0.05) is 11.4 Å². The Kier molecular flexibility index (Phi) is 4.86. The monoisotopic (exact) mass is 297 g/mol. The van der Waals surface area contributed by atoms with E-state index in [1.54, 1.807) is 6.07 Å². The Bertz CT molecular complexity index is 492. The molecule has 4 nitrogen and oxygen atoms in total. The molecule has 1 fully saturated rings. The fourth-order valence-corrected chi connectivity index (χ4v) is 3.28. The second-order valence-corrected chi connectivity index (χ2v) is 6.26. The lowest BCUT2D eigenvalue weighted by Gasteiger charge is -2.31. The maximum absolute atomic E-state index is 11.0. The number of benzene rings is 1. The molecule has 5 heteroatoms. The Balaban J connectivity index is 2.19. The molecule has 20 heavy (non-hydrogen) atoms. The van der Waals surface area contributed by atoms with Gasteiger partial charge in [-0.3, -0.25) is 10.1 Å². The van der Waals surface area contributed by atoms with E-state index >= 15 is 0 Å². The van der Waals surface area contributed by atoms with Gasteiger partial charge < -0.3 is 4.74 Å². The minimum atomic E-state index is -0.381. The van der Waals surface area contributed by atoms with Crippen LogP contribution < -0.4 is 4.74 Å². The number of nitrogens with zero attached hydrogens (tertiary/aromatic N) is 1. The van der Waals surface area contributed by atoms with Gasteiger partial charge in [0.25, 0.3) is 5.69 Å². The van der Waals surface area contributed by atoms with Crippen LogP contribution in [0, 0.1) is 22.0 Å². The van der Waals surface area contributed by atoms with E-state index in [9.17, 15) is 10.1 Å². The summed E-state index contributed by atoms with van der Waals surface area (Å²) in [6.45, 7) is 2.24. The number of halogens is 1. The van der Waals surface area contributed by atoms with Crippen LogP contribution in [0.3, 0.4) is 0 Å². The predicted molar refractivity (Wildman–Crippen MR) is 79.5 cm³/mol. The van der Waals surface area contributed by atoms with Crippen molar-refractivity contribution in [2.75, 3.05) is 7.11 Å². The van der Waals surface area contributed by atoms with Crippen molar-refractivity contribution in [3.8, 4) is 5.75 Å². The maximum Gasteiger partial charge on any atom is 0.273 e. The molecule has 0 radical (unpaired) electrons. The molecule has 0 bridgehead atoms. The van der Waals surface area contributed by atoms with E-state index < -0.39 is 0 Å². The molecule has 1 aromatic rings. The van der Waals surface area contributed by atoms with Crippen LogP contribution in [-0.2, 0) is 6.42 Å². The van der Waals surface area contributed by atoms with Crippen LogP contribution in [0.5, 0.6) is 5.75 Å². The van der Waals surface area contributed by atoms with Crippen molar-refractivity contribution in [3.05, 3.63) is 33.9 Å². The molecule has 1 aliphatic rings. The summed E-state index contributed by atoms with van der Waals surface area (Å²) in [5.74, 6) is 1.59. The molecule has 110 valence electrons. The molecule has 0 aromatic heterocycles. The number of hydrogen-bond donors (Lipinski definition) is 0. The first-order chi connectivity index (χ1) is 9.49. The highest BCUT2D eigenvalue weighted by atomic mass is 35.5. The Labute approximate surface area is 124 Å². The lowest BCUT2D eigenvalue weighted by molar-refractivity contribution is -0.385. The third kappa shape index (κ3) is 3.63. The van der Waals surface area contributed by atoms with Crippen LogP contribution in [0.4, 0.5) is 5.69 Å². The zero-order valence-corrected chi connectivity index (χ0v) is 12.6. The minimum Gasteiger partial charge on any atom is -0.496 e. The molecule has 3 unspecified atom stereocenters. The molecule has 0 amide bonds. The van der Waals surface area contributed by atoms with Crippen LogP contribution in [-0.4, -0.2) is 17.4 Å². The number of non-ortho nitro benzene ring substituents is 1. The highest BCUT2D eigenvalue weighted by molar-refractivity contribution is 6.20. The first-order valence-corrected chi connectivity index (χ1v) is 7.39. The molecule has 1 saturated carbocycles. The normalized spacial score (nSPS) is 26.2. The predicted octanol–water partition coefficient (Wildman–Crippen LogP) is 4.19. The summed E-state index contributed by atoms with van der Waals surface area (Å²) in [5.41, 5.74) is 1.01. The van der Waals surface area contributed by atoms with E-state index in [0.717, 1.165) is 24.8 Å². The molecular weight excluding hydrogens is 278 g/mol. The van der Waals surface area contributed by atoms with Crippen LogP contribution in [0.1, 0.15) is 31.7 Å². The van der Waals surface area contributed by atoms with Crippen molar-refractivity contribution in [3.63, 3.8) is 0 Å². The standard InChI is InChI=1S/C15H20ClNO3/c1-10-3-4-15(16)12(5-10)6-11-7-13(17(18)19)9-14(8-11)20-2/h7-10,12,15H,3-6H2,1-2H3. The molecule has 0 saturated heterocycles. The van der Waals surface area contributed by atoms with Crippen LogP contribution in [0.15, 0.2) is 18.2 Å². The van der Waals surface area contributed by atoms with Crippen LogP contribution in [0.25, 0.3) is 0 Å². The van der Waals surface area contributed by atoms with E-state index in [0.29, 0.717) is 17.6 Å². The molecular formula is C15H20ClNO3. The van der Waals surface area contributed by atoms with Crippen molar-refractivity contribution in [2.24, 2.45) is 11.8 Å². The largest absolute Gasteiger partial charge is 0.496 e. The highest BCUT2D eigenvalue weighted by Crippen LogP contribution is 2.35. The SMILES string of the molecule is COc1cc(CC2CC(C)CCC2Cl)cc([N+](=O)[O-])c1. The summed E-state index contributed by atoms with van der Waals surface area (Å²) < 4.78 is 5.15. The second kappa shape index (κ2) is 6.44. The third-order valence-electron chi connectivity index (χ3n) is 4.05. The van der Waals surface area contributed by atoms with Crippen molar-refractivity contribution in [2.45, 2.75) is 38.0 Å². The van der Waals surface area contributed by atoms with Crippen LogP contribution >= 0.6 is 11.6 Å². The van der Waals surface area contributed by atoms with Gasteiger partial charge in [0.1, 0.15) is 5.75 Å². The lowest BCUT2D eigenvalue weighted by atomic mass is 9.79. The van der Waals surface area contributed by atoms with Gasteiger partial charge in [-0.15, -0.1) is 11.6 Å². The van der Waals surface area contributed by atoms with Gasteiger partial charge in [0.05, 0.1) is 18.1 Å². The van der Waals surface area contributed by atoms with Gasteiger partial charge >= 0.3 is 0 Å². The molecule has 1 aliphatic carbocycles. The Morgan fingerprint density at radius 2 is 2.15 bits per heavy atom. The first-order valence-electron chi connectivity index (χ1n) is 6.96. The summed E-state index contributed by atoms with van der Waals surface area (Å²) in [4.78, 5) is 10.6. The van der Waals surface area contributed by atoms with E-state index in [1.165, 1.54) is 19.6 Å². The molecule has 1 aromatic carbocycles. The average Bonchev–Trinajstić information content (AvgIpc) is 2.42. The smallest absolute Gasteiger partial charge is 0.273 e. The van der Waals surface area contributed by atoms with Gasteiger partial charge in [-0.25, -0.2) is 0 Å². The number of nitro benzene ring substituents is 1. The van der Waals surface area contributed by atoms with Gasteiger partial charge in [-0.05, 0) is 49.1 Å². The molecule has 3 atom stereocenters. The quantitative estimate of drug-likeness (QED) is 0.476. The number of hydrogen-bond acceptors (Lipinski definition) is 3. The number of rotatable bonds is 4. The number of ether oxygens (including phenoxy) is 1. The first kappa shape index (κ1) is 15.1. The molecule has 0 spiro atoms. The lowest BCUT2D eigenvalue weighted by Crippen LogP contribution is -2.26. The number of methoxy groups -OCH3 is 1. The fourth-order valence-electron chi connectivity index (χ4n) is 2.96. The zero-order chi connectivity index (χ0) is 14.7. The highest BCUT2D eigenvalue weighted by Gasteiger charge is 2.27. The third-order valence-corrected chi connectivity index (χ3v) is 4.62. The van der Waals surface area contributed by atoms with Crippen molar-refractivity contribution < 1.29 is 9.66 Å². The molecule has 0 N–H and O–H groups in total. The van der Waals surface area contributed by atoms with Crippen LogP contribution in [0.2, 0.25) is 0 Å².